The Hall–Kier alpha value is 0.391. The van der Waals surface area contributed by atoms with Gasteiger partial charge in [0.25, 0.3) is 0 Å². The second kappa shape index (κ2) is 5.47. The average molecular weight is 245 g/mol. The zero-order valence-electron chi connectivity index (χ0n) is 11.0. The van der Waals surface area contributed by atoms with Crippen molar-refractivity contribution < 1.29 is 0 Å². The number of allylic oxidation sites excluding steroid dienone is 1. The van der Waals surface area contributed by atoms with E-state index in [9.17, 15) is 0 Å². The maximum atomic E-state index is 3.93. The van der Waals surface area contributed by atoms with Gasteiger partial charge in [0.1, 0.15) is 0 Å². The summed E-state index contributed by atoms with van der Waals surface area (Å²) in [6.45, 7) is 19.0. The zero-order valence-corrected chi connectivity index (χ0v) is 14.1. The number of hydrogen-bond donors (Lipinski definition) is 0. The van der Waals surface area contributed by atoms with Gasteiger partial charge in [0.2, 0.25) is 0 Å². The number of hydrogen-bond acceptors (Lipinski definition) is 0. The fraction of sp³-hybridized carbons (Fsp3) is 0.818. The Morgan fingerprint density at radius 3 is 1.50 bits per heavy atom. The van der Waals surface area contributed by atoms with Crippen molar-refractivity contribution in [3.63, 3.8) is 0 Å². The van der Waals surface area contributed by atoms with Gasteiger partial charge >= 0.3 is 0 Å². The Labute approximate surface area is 94.4 Å². The average Bonchev–Trinajstić information content (AvgIpc) is 1.78. The van der Waals surface area contributed by atoms with Crippen LogP contribution < -0.4 is 0 Å². The molecule has 0 aliphatic heterocycles. The predicted molar refractivity (Wildman–Crippen MR) is 78.5 cm³/mol. The summed E-state index contributed by atoms with van der Waals surface area (Å²) < 4.78 is 0. The molecule has 0 aromatic carbocycles. The van der Waals surface area contributed by atoms with Crippen molar-refractivity contribution in [3.05, 3.63) is 12.7 Å². The van der Waals surface area contributed by atoms with Crippen LogP contribution in [-0.2, 0) is 0 Å². The second-order valence-electron chi connectivity index (χ2n) is 6.92. The fourth-order valence-electron chi connectivity index (χ4n) is 2.21. The van der Waals surface area contributed by atoms with Crippen molar-refractivity contribution in [2.24, 2.45) is 0 Å². The monoisotopic (exact) mass is 244 g/mol. The Bertz CT molecular complexity index is 158. The SMILES string of the molecule is C=CC[SiH](C[Si](C)(C)C)C[Si](C)(C)C. The second-order valence-corrected chi connectivity index (χ2v) is 22.6. The third-order valence-corrected chi connectivity index (χ3v) is 17.7. The Morgan fingerprint density at radius 1 is 0.929 bits per heavy atom. The van der Waals surface area contributed by atoms with Crippen molar-refractivity contribution in [1.29, 1.82) is 0 Å². The van der Waals surface area contributed by atoms with Crippen LogP contribution >= 0.6 is 0 Å². The summed E-state index contributed by atoms with van der Waals surface area (Å²) in [7, 11) is -2.12. The zero-order chi connectivity index (χ0) is 11.4. The van der Waals surface area contributed by atoms with E-state index >= 15 is 0 Å². The minimum absolute atomic E-state index is 0.478. The largest absolute Gasteiger partial charge is 0.103 e. The Kier molecular flexibility index (Phi) is 5.62. The van der Waals surface area contributed by atoms with Gasteiger partial charge in [-0.25, -0.2) is 0 Å². The van der Waals surface area contributed by atoms with Gasteiger partial charge in [0.05, 0.1) is 0 Å². The highest BCUT2D eigenvalue weighted by molar-refractivity contribution is 6.94. The lowest BCUT2D eigenvalue weighted by Gasteiger charge is -2.27. The summed E-state index contributed by atoms with van der Waals surface area (Å²) in [5.74, 6) is 0. The molecular weight excluding hydrogens is 216 g/mol. The maximum Gasteiger partial charge on any atom is 0.0414 e. The van der Waals surface area contributed by atoms with Crippen LogP contribution in [0, 0.1) is 0 Å². The Morgan fingerprint density at radius 2 is 1.29 bits per heavy atom. The first-order valence-electron chi connectivity index (χ1n) is 5.75. The van der Waals surface area contributed by atoms with Crippen LogP contribution in [0.1, 0.15) is 0 Å². The van der Waals surface area contributed by atoms with Crippen molar-refractivity contribution in [2.45, 2.75) is 56.7 Å². The summed E-state index contributed by atoms with van der Waals surface area (Å²) in [6, 6.07) is 1.37. The summed E-state index contributed by atoms with van der Waals surface area (Å²) >= 11 is 0. The third-order valence-electron chi connectivity index (χ3n) is 2.30. The molecule has 0 nitrogen and oxygen atoms in total. The predicted octanol–water partition coefficient (Wildman–Crippen LogP) is 4.15. The van der Waals surface area contributed by atoms with Crippen molar-refractivity contribution in [2.75, 3.05) is 0 Å². The van der Waals surface area contributed by atoms with Crippen molar-refractivity contribution >= 4 is 24.9 Å². The molecule has 0 unspecified atom stereocenters. The minimum atomic E-state index is -0.821. The van der Waals surface area contributed by atoms with Gasteiger partial charge in [-0.3, -0.25) is 0 Å². The van der Waals surface area contributed by atoms with Gasteiger partial charge in [-0.1, -0.05) is 56.7 Å². The van der Waals surface area contributed by atoms with E-state index < -0.39 is 24.9 Å². The lowest BCUT2D eigenvalue weighted by atomic mass is 10.8. The summed E-state index contributed by atoms with van der Waals surface area (Å²) in [4.78, 5) is 0. The highest BCUT2D eigenvalue weighted by Crippen LogP contribution is 2.21. The molecule has 84 valence electrons. The molecule has 14 heavy (non-hydrogen) atoms. The van der Waals surface area contributed by atoms with E-state index in [1.165, 1.54) is 6.04 Å². The molecule has 0 bridgehead atoms. The fourth-order valence-corrected chi connectivity index (χ4v) is 19.7. The van der Waals surface area contributed by atoms with Crippen molar-refractivity contribution in [1.82, 2.24) is 0 Å². The molecule has 0 atom stereocenters. The molecule has 0 aliphatic carbocycles. The Balaban J connectivity index is 4.23. The summed E-state index contributed by atoms with van der Waals surface area (Å²) in [5.41, 5.74) is 3.23. The summed E-state index contributed by atoms with van der Waals surface area (Å²) in [5, 5.41) is 0. The molecule has 0 aromatic heterocycles. The highest BCUT2D eigenvalue weighted by Gasteiger charge is 2.25. The molecule has 0 spiro atoms. The molecule has 0 saturated heterocycles. The minimum Gasteiger partial charge on any atom is -0.103 e. The van der Waals surface area contributed by atoms with Gasteiger partial charge in [0, 0.05) is 24.9 Å². The van der Waals surface area contributed by atoms with Gasteiger partial charge in [0.15, 0.2) is 0 Å². The van der Waals surface area contributed by atoms with E-state index in [1.54, 1.807) is 11.3 Å². The highest BCUT2D eigenvalue weighted by atomic mass is 28.4. The maximum absolute atomic E-state index is 3.93. The molecule has 0 N–H and O–H groups in total. The van der Waals surface area contributed by atoms with Crippen molar-refractivity contribution in [3.8, 4) is 0 Å². The van der Waals surface area contributed by atoms with Gasteiger partial charge in [-0.15, -0.1) is 6.58 Å². The topological polar surface area (TPSA) is 0 Å². The van der Waals surface area contributed by atoms with Gasteiger partial charge in [-0.05, 0) is 6.04 Å². The number of rotatable bonds is 6. The van der Waals surface area contributed by atoms with E-state index in [2.05, 4.69) is 51.9 Å². The first kappa shape index (κ1) is 14.4. The van der Waals surface area contributed by atoms with Crippen LogP contribution in [0.15, 0.2) is 12.7 Å². The lowest BCUT2D eigenvalue weighted by Crippen LogP contribution is -2.35. The van der Waals surface area contributed by atoms with Crippen LogP contribution in [0.4, 0.5) is 0 Å². The first-order chi connectivity index (χ1) is 6.14. The normalized spacial score (nSPS) is 13.4. The molecule has 0 aliphatic rings. The molecule has 0 rings (SSSR count). The molecule has 0 heterocycles. The van der Waals surface area contributed by atoms with Crippen LogP contribution in [0.3, 0.4) is 0 Å². The van der Waals surface area contributed by atoms with Crippen LogP contribution in [0.25, 0.3) is 0 Å². The molecule has 0 aromatic rings. The smallest absolute Gasteiger partial charge is 0.0414 e. The standard InChI is InChI=1S/C11H28Si3/c1-8-9-12(10-13(2,3)4)11-14(5,6)7/h8,12H,1,9-11H2,2-7H3. The van der Waals surface area contributed by atoms with Gasteiger partial charge in [-0.2, -0.15) is 0 Å². The van der Waals surface area contributed by atoms with E-state index in [0.29, 0.717) is 0 Å². The quantitative estimate of drug-likeness (QED) is 0.486. The lowest BCUT2D eigenvalue weighted by molar-refractivity contribution is 1.46. The molecule has 0 fully saturated rings. The third kappa shape index (κ3) is 8.97. The first-order valence-corrected chi connectivity index (χ1v) is 15.6. The van der Waals surface area contributed by atoms with Gasteiger partial charge < -0.3 is 0 Å². The molecular formula is C11H28Si3. The van der Waals surface area contributed by atoms with Crippen LogP contribution in [-0.4, -0.2) is 24.9 Å². The van der Waals surface area contributed by atoms with E-state index in [4.69, 9.17) is 0 Å². The van der Waals surface area contributed by atoms with E-state index in [0.717, 1.165) is 0 Å². The van der Waals surface area contributed by atoms with E-state index in [-0.39, 0.29) is 0 Å². The molecule has 0 amide bonds. The molecule has 3 heteroatoms. The molecule has 0 saturated carbocycles. The molecule has 0 radical (unpaired) electrons. The van der Waals surface area contributed by atoms with Crippen LogP contribution in [0.5, 0.6) is 0 Å². The van der Waals surface area contributed by atoms with Crippen LogP contribution in [0.2, 0.25) is 56.7 Å². The summed E-state index contributed by atoms with van der Waals surface area (Å²) in [6.07, 6.45) is 2.18. The van der Waals surface area contributed by atoms with E-state index in [1.807, 2.05) is 0 Å².